The molecule has 1 rings (SSSR count). The van der Waals surface area contributed by atoms with Crippen molar-refractivity contribution in [2.24, 2.45) is 5.92 Å². The molecule has 0 spiro atoms. The first kappa shape index (κ1) is 16.4. The van der Waals surface area contributed by atoms with Gasteiger partial charge in [0.05, 0.1) is 6.61 Å². The highest BCUT2D eigenvalue weighted by Crippen LogP contribution is 2.21. The first-order valence-corrected chi connectivity index (χ1v) is 7.83. The molecule has 1 saturated heterocycles. The number of hydrogen-bond acceptors (Lipinski definition) is 4. The number of nitrogens with zero attached hydrogens (tertiary/aromatic N) is 1. The molecule has 0 amide bonds. The summed E-state index contributed by atoms with van der Waals surface area (Å²) in [5.74, 6) is 0.763. The minimum Gasteiger partial charge on any atom is -0.465 e. The number of hydrogen-bond donors (Lipinski definition) is 1. The zero-order valence-corrected chi connectivity index (χ0v) is 12.8. The lowest BCUT2D eigenvalue weighted by atomic mass is 10.0. The van der Waals surface area contributed by atoms with Crippen LogP contribution in [0.15, 0.2) is 0 Å². The molecule has 1 heterocycles. The van der Waals surface area contributed by atoms with E-state index in [1.807, 2.05) is 13.8 Å². The molecule has 0 radical (unpaired) electrons. The summed E-state index contributed by atoms with van der Waals surface area (Å²) in [6, 6.07) is -0.143. The Morgan fingerprint density at radius 2 is 2.21 bits per heavy atom. The average Bonchev–Trinajstić information content (AvgIpc) is 2.83. The van der Waals surface area contributed by atoms with Gasteiger partial charge < -0.3 is 15.0 Å². The predicted molar refractivity (Wildman–Crippen MR) is 78.2 cm³/mol. The summed E-state index contributed by atoms with van der Waals surface area (Å²) in [5.41, 5.74) is 0. The second-order valence-corrected chi connectivity index (χ2v) is 5.39. The normalized spacial score (nSPS) is 21.5. The molecule has 0 aromatic carbocycles. The first-order valence-electron chi connectivity index (χ1n) is 7.83. The van der Waals surface area contributed by atoms with Crippen LogP contribution >= 0.6 is 0 Å². The van der Waals surface area contributed by atoms with E-state index in [-0.39, 0.29) is 12.0 Å². The molecule has 0 saturated carbocycles. The van der Waals surface area contributed by atoms with E-state index in [9.17, 15) is 4.79 Å². The van der Waals surface area contributed by atoms with Crippen molar-refractivity contribution in [3.05, 3.63) is 0 Å². The Morgan fingerprint density at radius 3 is 2.84 bits per heavy atom. The highest BCUT2D eigenvalue weighted by molar-refractivity contribution is 5.75. The van der Waals surface area contributed by atoms with E-state index in [1.54, 1.807) is 0 Å². The summed E-state index contributed by atoms with van der Waals surface area (Å²) in [6.45, 7) is 10.8. The third kappa shape index (κ3) is 5.91. The molecule has 0 bridgehead atoms. The lowest BCUT2D eigenvalue weighted by molar-refractivity contribution is -0.145. The Kier molecular flexibility index (Phi) is 8.07. The monoisotopic (exact) mass is 270 g/mol. The van der Waals surface area contributed by atoms with Gasteiger partial charge in [0.1, 0.15) is 6.04 Å². The van der Waals surface area contributed by atoms with Crippen molar-refractivity contribution < 1.29 is 9.53 Å². The smallest absolute Gasteiger partial charge is 0.323 e. The standard InChI is InChI=1S/C15H30N2O2/c1-4-7-13-8-10-17(12-13)11-9-14(16-5-2)15(18)19-6-3/h13-14,16H,4-12H2,1-3H3. The largest absolute Gasteiger partial charge is 0.465 e. The van der Waals surface area contributed by atoms with Crippen LogP contribution in [-0.2, 0) is 9.53 Å². The van der Waals surface area contributed by atoms with Gasteiger partial charge in [-0.2, -0.15) is 0 Å². The van der Waals surface area contributed by atoms with Crippen molar-refractivity contribution in [2.75, 3.05) is 32.8 Å². The maximum absolute atomic E-state index is 11.8. The zero-order valence-electron chi connectivity index (χ0n) is 12.8. The summed E-state index contributed by atoms with van der Waals surface area (Å²) in [4.78, 5) is 14.3. The van der Waals surface area contributed by atoms with E-state index in [0.717, 1.165) is 25.4 Å². The molecule has 19 heavy (non-hydrogen) atoms. The van der Waals surface area contributed by atoms with Crippen LogP contribution in [-0.4, -0.2) is 49.7 Å². The highest BCUT2D eigenvalue weighted by atomic mass is 16.5. The first-order chi connectivity index (χ1) is 9.21. The van der Waals surface area contributed by atoms with Crippen LogP contribution in [0.2, 0.25) is 0 Å². The van der Waals surface area contributed by atoms with Crippen LogP contribution in [0.4, 0.5) is 0 Å². The second kappa shape index (κ2) is 9.32. The fraction of sp³-hybridized carbons (Fsp3) is 0.933. The maximum atomic E-state index is 11.8. The minimum atomic E-state index is -0.143. The summed E-state index contributed by atoms with van der Waals surface area (Å²) in [7, 11) is 0. The fourth-order valence-electron chi connectivity index (χ4n) is 2.86. The summed E-state index contributed by atoms with van der Waals surface area (Å²) in [5, 5.41) is 3.23. The molecular formula is C15H30N2O2. The molecule has 0 aliphatic carbocycles. The van der Waals surface area contributed by atoms with Gasteiger partial charge in [0, 0.05) is 13.1 Å². The summed E-state index contributed by atoms with van der Waals surface area (Å²) < 4.78 is 5.11. The molecule has 1 aliphatic heterocycles. The Bertz CT molecular complexity index is 259. The highest BCUT2D eigenvalue weighted by Gasteiger charge is 2.24. The number of nitrogens with one attached hydrogen (secondary N) is 1. The molecule has 2 unspecified atom stereocenters. The van der Waals surface area contributed by atoms with Gasteiger partial charge in [-0.25, -0.2) is 0 Å². The van der Waals surface area contributed by atoms with Gasteiger partial charge in [-0.3, -0.25) is 4.79 Å². The third-order valence-electron chi connectivity index (χ3n) is 3.82. The van der Waals surface area contributed by atoms with Gasteiger partial charge >= 0.3 is 5.97 Å². The molecule has 2 atom stereocenters. The topological polar surface area (TPSA) is 41.6 Å². The third-order valence-corrected chi connectivity index (χ3v) is 3.82. The molecule has 0 aromatic rings. The van der Waals surface area contributed by atoms with E-state index in [4.69, 9.17) is 4.74 Å². The van der Waals surface area contributed by atoms with Crippen LogP contribution in [0.1, 0.15) is 46.5 Å². The average molecular weight is 270 g/mol. The Balaban J connectivity index is 2.30. The van der Waals surface area contributed by atoms with Crippen LogP contribution < -0.4 is 5.32 Å². The van der Waals surface area contributed by atoms with E-state index in [0.29, 0.717) is 6.61 Å². The Morgan fingerprint density at radius 1 is 1.42 bits per heavy atom. The summed E-state index contributed by atoms with van der Waals surface area (Å²) in [6.07, 6.45) is 4.79. The second-order valence-electron chi connectivity index (χ2n) is 5.39. The maximum Gasteiger partial charge on any atom is 0.323 e. The molecule has 112 valence electrons. The molecule has 0 aromatic heterocycles. The van der Waals surface area contributed by atoms with Gasteiger partial charge in [-0.1, -0.05) is 20.3 Å². The molecular weight excluding hydrogens is 240 g/mol. The van der Waals surface area contributed by atoms with Gasteiger partial charge in [0.2, 0.25) is 0 Å². The van der Waals surface area contributed by atoms with Crippen molar-refractivity contribution in [2.45, 2.75) is 52.5 Å². The van der Waals surface area contributed by atoms with Crippen LogP contribution in [0.3, 0.4) is 0 Å². The number of esters is 1. The van der Waals surface area contributed by atoms with Crippen molar-refractivity contribution in [3.8, 4) is 0 Å². The van der Waals surface area contributed by atoms with Gasteiger partial charge in [0.25, 0.3) is 0 Å². The van der Waals surface area contributed by atoms with E-state index >= 15 is 0 Å². The Hall–Kier alpha value is -0.610. The molecule has 1 N–H and O–H groups in total. The molecule has 4 nitrogen and oxygen atoms in total. The lowest BCUT2D eigenvalue weighted by Crippen LogP contribution is -2.40. The number of likely N-dealkylation sites (N-methyl/N-ethyl adjacent to an activating group) is 1. The number of likely N-dealkylation sites (tertiary alicyclic amines) is 1. The van der Waals surface area contributed by atoms with E-state index in [2.05, 4.69) is 17.1 Å². The quantitative estimate of drug-likeness (QED) is 0.651. The van der Waals surface area contributed by atoms with Crippen molar-refractivity contribution in [1.82, 2.24) is 10.2 Å². The number of ether oxygens (including phenoxy) is 1. The van der Waals surface area contributed by atoms with Crippen LogP contribution in [0.5, 0.6) is 0 Å². The minimum absolute atomic E-state index is 0.103. The van der Waals surface area contributed by atoms with E-state index in [1.165, 1.54) is 32.4 Å². The van der Waals surface area contributed by atoms with Crippen molar-refractivity contribution in [3.63, 3.8) is 0 Å². The SMILES string of the molecule is CCCC1CCN(CCC(NCC)C(=O)OCC)C1. The van der Waals surface area contributed by atoms with Crippen LogP contribution in [0.25, 0.3) is 0 Å². The molecule has 1 fully saturated rings. The predicted octanol–water partition coefficient (Wildman–Crippen LogP) is 2.04. The van der Waals surface area contributed by atoms with Gasteiger partial charge in [-0.05, 0) is 45.2 Å². The Labute approximate surface area is 117 Å². The van der Waals surface area contributed by atoms with Gasteiger partial charge in [-0.15, -0.1) is 0 Å². The van der Waals surface area contributed by atoms with Gasteiger partial charge in [0.15, 0.2) is 0 Å². The molecule has 1 aliphatic rings. The number of rotatable bonds is 9. The lowest BCUT2D eigenvalue weighted by Gasteiger charge is -2.21. The number of carbonyl (C=O) groups is 1. The zero-order chi connectivity index (χ0) is 14.1. The van der Waals surface area contributed by atoms with Crippen LogP contribution in [0, 0.1) is 5.92 Å². The summed E-state index contributed by atoms with van der Waals surface area (Å²) >= 11 is 0. The fourth-order valence-corrected chi connectivity index (χ4v) is 2.86. The van der Waals surface area contributed by atoms with E-state index < -0.39 is 0 Å². The van der Waals surface area contributed by atoms with Crippen molar-refractivity contribution >= 4 is 5.97 Å². The van der Waals surface area contributed by atoms with Crippen molar-refractivity contribution in [1.29, 1.82) is 0 Å². The molecule has 4 heteroatoms. The number of carbonyl (C=O) groups excluding carboxylic acids is 1.